The maximum absolute atomic E-state index is 11.6. The number of carboxylic acids is 1. The van der Waals surface area contributed by atoms with Crippen molar-refractivity contribution in [1.29, 1.82) is 0 Å². The summed E-state index contributed by atoms with van der Waals surface area (Å²) in [5.41, 5.74) is 0. The molecule has 1 atom stereocenters. The van der Waals surface area contributed by atoms with Crippen molar-refractivity contribution in [3.8, 4) is 0 Å². The van der Waals surface area contributed by atoms with Crippen LogP contribution in [0.15, 0.2) is 0 Å². The van der Waals surface area contributed by atoms with E-state index < -0.39 is 32.4 Å². The Balaban J connectivity index is 5.85. The number of rotatable bonds is 4. The van der Waals surface area contributed by atoms with Crippen LogP contribution in [0.3, 0.4) is 0 Å². The van der Waals surface area contributed by atoms with E-state index in [4.69, 9.17) is 0 Å². The lowest BCUT2D eigenvalue weighted by molar-refractivity contribution is -0.153. The second-order valence-corrected chi connectivity index (χ2v) is 18.1. The molecule has 0 radical (unpaired) electrons. The molecule has 0 aromatic heterocycles. The van der Waals surface area contributed by atoms with Gasteiger partial charge in [0.15, 0.2) is 5.22 Å². The predicted molar refractivity (Wildman–Crippen MR) is 73.3 cm³/mol. The van der Waals surface area contributed by atoms with Crippen LogP contribution in [0.2, 0.25) is 44.3 Å². The van der Waals surface area contributed by atoms with Gasteiger partial charge in [0.25, 0.3) is 0 Å². The van der Waals surface area contributed by atoms with Crippen molar-refractivity contribution >= 4 is 22.1 Å². The van der Waals surface area contributed by atoms with E-state index in [1.165, 1.54) is 0 Å². The molecule has 3 nitrogen and oxygen atoms in total. The fourth-order valence-corrected chi connectivity index (χ4v) is 8.03. The Kier molecular flexibility index (Phi) is 3.93. The molecule has 0 aliphatic carbocycles. The summed E-state index contributed by atoms with van der Waals surface area (Å²) in [4.78, 5) is 11.6. The Morgan fingerprint density at radius 2 is 1.25 bits per heavy atom. The minimum absolute atomic E-state index is 0.545. The van der Waals surface area contributed by atoms with Crippen LogP contribution in [-0.2, 0) is 4.79 Å². The van der Waals surface area contributed by atoms with Crippen LogP contribution in [0.1, 0.15) is 13.8 Å². The van der Waals surface area contributed by atoms with Crippen molar-refractivity contribution in [2.24, 2.45) is 0 Å². The summed E-state index contributed by atoms with van der Waals surface area (Å²) in [6, 6.07) is 0. The third-order valence-electron chi connectivity index (χ3n) is 4.17. The average Bonchev–Trinajstić information content (AvgIpc) is 1.97. The summed E-state index contributed by atoms with van der Waals surface area (Å²) >= 11 is 0. The molecule has 5 heteroatoms. The van der Waals surface area contributed by atoms with Crippen LogP contribution < -0.4 is 0 Å². The molecule has 0 saturated carbocycles. The summed E-state index contributed by atoms with van der Waals surface area (Å²) in [7, 11) is -4.02. The highest BCUT2D eigenvalue weighted by atomic mass is 28.3. The minimum atomic E-state index is -2.23. The molecule has 0 aromatic carbocycles. The maximum atomic E-state index is 11.6. The number of hydrogen-bond acceptors (Lipinski definition) is 2. The second-order valence-electron chi connectivity index (χ2n) is 7.14. The van der Waals surface area contributed by atoms with E-state index in [9.17, 15) is 15.0 Å². The smallest absolute Gasteiger partial charge is 0.332 e. The van der Waals surface area contributed by atoms with Gasteiger partial charge in [-0.15, -0.1) is 0 Å². The number of carbonyl (C=O) groups is 1. The summed E-state index contributed by atoms with van der Waals surface area (Å²) in [6.07, 6.45) is 0. The number of aliphatic carboxylic acids is 1. The van der Waals surface area contributed by atoms with E-state index in [0.717, 1.165) is 0 Å². The molecule has 0 rings (SSSR count). The van der Waals surface area contributed by atoms with Gasteiger partial charge in [-0.3, -0.25) is 0 Å². The Labute approximate surface area is 101 Å². The topological polar surface area (TPSA) is 57.5 Å². The zero-order chi connectivity index (χ0) is 13.6. The van der Waals surface area contributed by atoms with Crippen molar-refractivity contribution in [2.45, 2.75) is 63.4 Å². The van der Waals surface area contributed by atoms with Crippen LogP contribution in [0, 0.1) is 0 Å². The first-order chi connectivity index (χ1) is 6.69. The van der Waals surface area contributed by atoms with Crippen molar-refractivity contribution in [3.05, 3.63) is 0 Å². The average molecular weight is 262 g/mol. The van der Waals surface area contributed by atoms with Crippen LogP contribution in [0.5, 0.6) is 0 Å². The first-order valence-electron chi connectivity index (χ1n) is 5.65. The quantitative estimate of drug-likeness (QED) is 0.766. The Morgan fingerprint density at radius 3 is 1.31 bits per heavy atom. The summed E-state index contributed by atoms with van der Waals surface area (Å²) < 4.78 is 0. The lowest BCUT2D eigenvalue weighted by Crippen LogP contribution is -2.68. The van der Waals surface area contributed by atoms with E-state index in [1.54, 1.807) is 0 Å². The molecule has 0 saturated heterocycles. The summed E-state index contributed by atoms with van der Waals surface area (Å²) in [6.45, 7) is 15.9. The molecular formula is C11H26O3Si2. The largest absolute Gasteiger partial charge is 0.479 e. The molecule has 0 spiro atoms. The molecule has 0 fully saturated rings. The molecular weight excluding hydrogens is 236 g/mol. The fraction of sp³-hybridized carbons (Fsp3) is 0.909. The van der Waals surface area contributed by atoms with Crippen LogP contribution >= 0.6 is 0 Å². The van der Waals surface area contributed by atoms with Gasteiger partial charge in [-0.05, 0) is 5.04 Å². The molecule has 2 N–H and O–H groups in total. The highest BCUT2D eigenvalue weighted by Gasteiger charge is 2.62. The van der Waals surface area contributed by atoms with E-state index in [2.05, 4.69) is 19.6 Å². The van der Waals surface area contributed by atoms with E-state index in [0.29, 0.717) is 0 Å². The Bertz CT molecular complexity index is 287. The van der Waals surface area contributed by atoms with Gasteiger partial charge in [0, 0.05) is 0 Å². The SMILES string of the molecule is CC(C)([C@](O)(C(=O)O)[Si](C)(C)C)[Si](C)(C)C. The number of carboxylic acid groups (broad SMARTS) is 1. The first kappa shape index (κ1) is 15.9. The third kappa shape index (κ3) is 2.12. The molecule has 0 bridgehead atoms. The van der Waals surface area contributed by atoms with Gasteiger partial charge in [-0.1, -0.05) is 53.1 Å². The zero-order valence-electron chi connectivity index (χ0n) is 11.8. The van der Waals surface area contributed by atoms with Gasteiger partial charge in [0.05, 0.1) is 16.1 Å². The molecule has 0 aliphatic rings. The summed E-state index contributed by atoms with van der Waals surface area (Å²) in [5.74, 6) is -1.06. The standard InChI is InChI=1S/C11H26O3Si2/c1-10(2,15(3,4)5)11(14,9(12)13)16(6,7)8/h14H,1-8H3,(H,12,13)/t11-/m0/s1. The lowest BCUT2D eigenvalue weighted by atomic mass is 10.1. The van der Waals surface area contributed by atoms with Crippen molar-refractivity contribution < 1.29 is 15.0 Å². The molecule has 96 valence electrons. The van der Waals surface area contributed by atoms with Crippen LogP contribution in [0.25, 0.3) is 0 Å². The number of hydrogen-bond donors (Lipinski definition) is 2. The van der Waals surface area contributed by atoms with Gasteiger partial charge in [-0.2, -0.15) is 0 Å². The highest BCUT2D eigenvalue weighted by molar-refractivity contribution is 6.87. The van der Waals surface area contributed by atoms with E-state index in [1.807, 2.05) is 33.5 Å². The normalized spacial score (nSPS) is 18.1. The van der Waals surface area contributed by atoms with Gasteiger partial charge in [0.2, 0.25) is 0 Å². The molecule has 0 amide bonds. The lowest BCUT2D eigenvalue weighted by Gasteiger charge is -2.52. The first-order valence-corrected chi connectivity index (χ1v) is 12.7. The van der Waals surface area contributed by atoms with Gasteiger partial charge in [0.1, 0.15) is 0 Å². The minimum Gasteiger partial charge on any atom is -0.479 e. The van der Waals surface area contributed by atoms with Gasteiger partial charge >= 0.3 is 5.97 Å². The predicted octanol–water partition coefficient (Wildman–Crippen LogP) is 2.80. The highest BCUT2D eigenvalue weighted by Crippen LogP contribution is 2.51. The molecule has 0 aliphatic heterocycles. The van der Waals surface area contributed by atoms with E-state index >= 15 is 0 Å². The van der Waals surface area contributed by atoms with Gasteiger partial charge in [-0.25, -0.2) is 4.79 Å². The van der Waals surface area contributed by atoms with Crippen molar-refractivity contribution in [1.82, 2.24) is 0 Å². The Morgan fingerprint density at radius 1 is 0.938 bits per heavy atom. The van der Waals surface area contributed by atoms with E-state index in [-0.39, 0.29) is 0 Å². The Hall–Kier alpha value is -0.136. The molecule has 16 heavy (non-hydrogen) atoms. The molecule has 0 aromatic rings. The second kappa shape index (κ2) is 3.96. The summed E-state index contributed by atoms with van der Waals surface area (Å²) in [5, 5.41) is 18.1. The number of aliphatic hydroxyl groups is 1. The van der Waals surface area contributed by atoms with Crippen molar-refractivity contribution in [3.63, 3.8) is 0 Å². The fourth-order valence-electron chi connectivity index (χ4n) is 2.07. The monoisotopic (exact) mass is 262 g/mol. The van der Waals surface area contributed by atoms with Crippen LogP contribution in [0.4, 0.5) is 0 Å². The molecule has 0 unspecified atom stereocenters. The van der Waals surface area contributed by atoms with Gasteiger partial charge < -0.3 is 10.2 Å². The maximum Gasteiger partial charge on any atom is 0.332 e. The van der Waals surface area contributed by atoms with Crippen LogP contribution in [-0.4, -0.2) is 37.6 Å². The zero-order valence-corrected chi connectivity index (χ0v) is 13.8. The third-order valence-corrected chi connectivity index (χ3v) is 11.5. The van der Waals surface area contributed by atoms with Crippen molar-refractivity contribution in [2.75, 3.05) is 0 Å². The molecule has 0 heterocycles.